The molecular formula is C20H22F3N3O6S. The Kier molecular flexibility index (Phi) is 6.02. The number of halogens is 3. The first kappa shape index (κ1) is 24.9. The fourth-order valence-corrected chi connectivity index (χ4v) is 5.73. The van der Waals surface area contributed by atoms with E-state index in [1.54, 1.807) is 0 Å². The molecule has 0 aromatic heterocycles. The van der Waals surface area contributed by atoms with E-state index in [4.69, 9.17) is 11.3 Å². The third-order valence-corrected chi connectivity index (χ3v) is 7.71. The summed E-state index contributed by atoms with van der Waals surface area (Å²) < 4.78 is 72.5. The van der Waals surface area contributed by atoms with Gasteiger partial charge in [-0.15, -0.1) is 0 Å². The lowest BCUT2D eigenvalue weighted by Gasteiger charge is -2.38. The van der Waals surface area contributed by atoms with Crippen LogP contribution in [0.15, 0.2) is 18.2 Å². The number of hydrogen-bond donors (Lipinski definition) is 3. The standard InChI is InChI=1S/C20H22F3N3O6S/c1-5-33(30,31)26-13-9-18(2)15(17(28)29)14(19(13,3)32-18)16(27)25-10-6-7-12(24-4)11(8-10)20(21,22)23/h6-8,13-15,26H,5,9H2,1-3H3,(H,25,27)(H,28,29). The molecule has 2 aliphatic rings. The van der Waals surface area contributed by atoms with E-state index in [1.807, 2.05) is 0 Å². The summed E-state index contributed by atoms with van der Waals surface area (Å²) in [5.74, 6) is -5.30. The number of ether oxygens (including phenoxy) is 1. The van der Waals surface area contributed by atoms with Crippen molar-refractivity contribution in [2.45, 2.75) is 50.6 Å². The van der Waals surface area contributed by atoms with Crippen molar-refractivity contribution in [3.8, 4) is 0 Å². The van der Waals surface area contributed by atoms with Crippen LogP contribution in [0.1, 0.15) is 32.8 Å². The van der Waals surface area contributed by atoms with Gasteiger partial charge >= 0.3 is 12.1 Å². The Morgan fingerprint density at radius 1 is 1.30 bits per heavy atom. The number of rotatable bonds is 6. The minimum Gasteiger partial charge on any atom is -0.481 e. The summed E-state index contributed by atoms with van der Waals surface area (Å²) >= 11 is 0. The molecule has 1 aromatic carbocycles. The lowest BCUT2D eigenvalue weighted by atomic mass is 9.65. The van der Waals surface area contributed by atoms with Crippen molar-refractivity contribution < 1.29 is 41.0 Å². The molecule has 2 saturated heterocycles. The molecule has 2 aliphatic heterocycles. The quantitative estimate of drug-likeness (QED) is 0.528. The van der Waals surface area contributed by atoms with E-state index < -0.39 is 68.4 Å². The second-order valence-corrected chi connectivity index (χ2v) is 10.5. The van der Waals surface area contributed by atoms with Gasteiger partial charge in [0.15, 0.2) is 5.69 Å². The van der Waals surface area contributed by atoms with Crippen LogP contribution in [0, 0.1) is 18.4 Å². The number of nitrogens with one attached hydrogen (secondary N) is 2. The highest BCUT2D eigenvalue weighted by molar-refractivity contribution is 7.89. The van der Waals surface area contributed by atoms with Crippen molar-refractivity contribution in [2.75, 3.05) is 11.1 Å². The van der Waals surface area contributed by atoms with Crippen molar-refractivity contribution in [1.82, 2.24) is 4.72 Å². The van der Waals surface area contributed by atoms with Crippen LogP contribution in [-0.2, 0) is 30.5 Å². The number of carbonyl (C=O) groups is 2. The molecule has 180 valence electrons. The number of aliphatic carboxylic acids is 1. The Morgan fingerprint density at radius 3 is 2.45 bits per heavy atom. The van der Waals surface area contributed by atoms with E-state index in [9.17, 15) is 36.3 Å². The van der Waals surface area contributed by atoms with Crippen LogP contribution in [0.3, 0.4) is 0 Å². The zero-order valence-electron chi connectivity index (χ0n) is 17.9. The van der Waals surface area contributed by atoms with E-state index >= 15 is 0 Å². The van der Waals surface area contributed by atoms with Gasteiger partial charge in [0.1, 0.15) is 0 Å². The fourth-order valence-electron chi connectivity index (χ4n) is 4.81. The van der Waals surface area contributed by atoms with Crippen molar-refractivity contribution in [3.63, 3.8) is 0 Å². The number of sulfonamides is 1. The van der Waals surface area contributed by atoms with Gasteiger partial charge in [0.2, 0.25) is 15.9 Å². The number of fused-ring (bicyclic) bond motifs is 2. The number of anilines is 1. The van der Waals surface area contributed by atoms with E-state index in [1.165, 1.54) is 20.8 Å². The maximum absolute atomic E-state index is 13.3. The normalized spacial score (nSPS) is 31.2. The van der Waals surface area contributed by atoms with Crippen LogP contribution in [0.4, 0.5) is 24.5 Å². The third kappa shape index (κ3) is 4.30. The number of carboxylic acids is 1. The molecule has 33 heavy (non-hydrogen) atoms. The molecule has 13 heteroatoms. The first-order chi connectivity index (χ1) is 15.1. The van der Waals surface area contributed by atoms with Crippen LogP contribution < -0.4 is 10.0 Å². The van der Waals surface area contributed by atoms with Crippen molar-refractivity contribution >= 4 is 33.3 Å². The largest absolute Gasteiger partial charge is 0.481 e. The summed E-state index contributed by atoms with van der Waals surface area (Å²) in [6.07, 6.45) is -4.84. The van der Waals surface area contributed by atoms with Gasteiger partial charge in [-0.05, 0) is 39.3 Å². The SMILES string of the molecule is [C-]#[N+]c1ccc(NC(=O)C2C(C(=O)O)C3(C)CC(NS(=O)(=O)CC)C2(C)O3)cc1C(F)(F)F. The Morgan fingerprint density at radius 2 is 1.94 bits per heavy atom. The van der Waals surface area contributed by atoms with E-state index in [2.05, 4.69) is 14.9 Å². The molecule has 0 aliphatic carbocycles. The number of nitrogens with zero attached hydrogens (tertiary/aromatic N) is 1. The number of hydrogen-bond acceptors (Lipinski definition) is 5. The zero-order valence-corrected chi connectivity index (χ0v) is 18.7. The Hall–Kier alpha value is -2.69. The number of alkyl halides is 3. The van der Waals surface area contributed by atoms with E-state index in [0.29, 0.717) is 6.07 Å². The topological polar surface area (TPSA) is 126 Å². The maximum atomic E-state index is 13.3. The molecule has 0 radical (unpaired) electrons. The summed E-state index contributed by atoms with van der Waals surface area (Å²) in [6, 6.07) is 1.68. The van der Waals surface area contributed by atoms with Gasteiger partial charge in [0, 0.05) is 5.69 Å². The molecule has 0 spiro atoms. The average Bonchev–Trinajstić information content (AvgIpc) is 3.09. The summed E-state index contributed by atoms with van der Waals surface area (Å²) in [5.41, 5.74) is -5.13. The van der Waals surface area contributed by atoms with Crippen LogP contribution in [0.5, 0.6) is 0 Å². The molecule has 5 unspecified atom stereocenters. The summed E-state index contributed by atoms with van der Waals surface area (Å²) in [7, 11) is -3.73. The molecule has 9 nitrogen and oxygen atoms in total. The highest BCUT2D eigenvalue weighted by Gasteiger charge is 2.72. The zero-order chi connectivity index (χ0) is 25.0. The van der Waals surface area contributed by atoms with Gasteiger partial charge < -0.3 is 15.2 Å². The maximum Gasteiger partial charge on any atom is 0.407 e. The number of amides is 1. The Balaban J connectivity index is 1.99. The van der Waals surface area contributed by atoms with Gasteiger partial charge in [-0.25, -0.2) is 18.0 Å². The van der Waals surface area contributed by atoms with Crippen LogP contribution in [-0.4, -0.2) is 48.4 Å². The first-order valence-corrected chi connectivity index (χ1v) is 11.6. The van der Waals surface area contributed by atoms with E-state index in [0.717, 1.165) is 12.1 Å². The predicted molar refractivity (Wildman–Crippen MR) is 110 cm³/mol. The molecular weight excluding hydrogens is 467 g/mol. The van der Waals surface area contributed by atoms with Crippen LogP contribution in [0.2, 0.25) is 0 Å². The lowest BCUT2D eigenvalue weighted by molar-refractivity contribution is -0.150. The lowest BCUT2D eigenvalue weighted by Crippen LogP contribution is -2.59. The predicted octanol–water partition coefficient (Wildman–Crippen LogP) is 2.77. The molecule has 2 bridgehead atoms. The fraction of sp³-hybridized carbons (Fsp3) is 0.550. The second kappa shape index (κ2) is 7.96. The number of benzene rings is 1. The smallest absolute Gasteiger partial charge is 0.407 e. The van der Waals surface area contributed by atoms with Gasteiger partial charge in [0.05, 0.1) is 47.0 Å². The van der Waals surface area contributed by atoms with Gasteiger partial charge in [0.25, 0.3) is 0 Å². The van der Waals surface area contributed by atoms with Crippen molar-refractivity contribution in [2.24, 2.45) is 11.8 Å². The van der Waals surface area contributed by atoms with Crippen LogP contribution in [0.25, 0.3) is 4.85 Å². The summed E-state index contributed by atoms with van der Waals surface area (Å²) in [6.45, 7) is 11.2. The molecule has 3 rings (SSSR count). The molecule has 2 heterocycles. The molecule has 0 saturated carbocycles. The molecule has 2 fully saturated rings. The van der Waals surface area contributed by atoms with Gasteiger partial charge in [-0.1, -0.05) is 6.07 Å². The second-order valence-electron chi connectivity index (χ2n) is 8.50. The Labute approximate surface area is 188 Å². The minimum absolute atomic E-state index is 0.00139. The van der Waals surface area contributed by atoms with Gasteiger partial charge in [-0.3, -0.25) is 9.59 Å². The number of carbonyl (C=O) groups excluding carboxylic acids is 1. The molecule has 5 atom stereocenters. The van der Waals surface area contributed by atoms with Gasteiger partial charge in [-0.2, -0.15) is 13.2 Å². The third-order valence-electron chi connectivity index (χ3n) is 6.30. The van der Waals surface area contributed by atoms with E-state index in [-0.39, 0.29) is 17.9 Å². The molecule has 3 N–H and O–H groups in total. The van der Waals surface area contributed by atoms with Crippen LogP contribution >= 0.6 is 0 Å². The summed E-state index contributed by atoms with van der Waals surface area (Å²) in [4.78, 5) is 28.1. The highest BCUT2D eigenvalue weighted by Crippen LogP contribution is 2.58. The monoisotopic (exact) mass is 489 g/mol. The minimum atomic E-state index is -4.84. The molecule has 1 amide bonds. The van der Waals surface area contributed by atoms with Crippen molar-refractivity contribution in [3.05, 3.63) is 35.2 Å². The molecule has 1 aromatic rings. The average molecular weight is 489 g/mol. The Bertz CT molecular complexity index is 1150. The highest BCUT2D eigenvalue weighted by atomic mass is 32.2. The van der Waals surface area contributed by atoms with Crippen molar-refractivity contribution in [1.29, 1.82) is 0 Å². The summed E-state index contributed by atoms with van der Waals surface area (Å²) in [5, 5.41) is 12.1. The number of carboxylic acid groups (broad SMARTS) is 1. The first-order valence-electron chi connectivity index (χ1n) is 9.90.